The molecular weight excluding hydrogens is 278 g/mol. The van der Waals surface area contributed by atoms with E-state index in [2.05, 4.69) is 4.72 Å². The van der Waals surface area contributed by atoms with Crippen molar-refractivity contribution in [2.45, 2.75) is 17.7 Å². The summed E-state index contributed by atoms with van der Waals surface area (Å²) in [6.45, 7) is 0.142. The van der Waals surface area contributed by atoms with Crippen molar-refractivity contribution >= 4 is 27.3 Å². The van der Waals surface area contributed by atoms with Gasteiger partial charge in [0.2, 0.25) is 10.0 Å². The molecule has 1 aliphatic rings. The van der Waals surface area contributed by atoms with Crippen molar-refractivity contribution < 1.29 is 23.4 Å². The van der Waals surface area contributed by atoms with Crippen molar-refractivity contribution in [3.63, 3.8) is 0 Å². The van der Waals surface area contributed by atoms with Gasteiger partial charge in [0.15, 0.2) is 0 Å². The Balaban J connectivity index is 2.08. The Hall–Kier alpha value is -0.960. The third-order valence-corrected chi connectivity index (χ3v) is 5.47. The molecule has 0 radical (unpaired) electrons. The van der Waals surface area contributed by atoms with Gasteiger partial charge in [-0.15, -0.1) is 11.3 Å². The van der Waals surface area contributed by atoms with Crippen LogP contribution < -0.4 is 4.72 Å². The predicted octanol–water partition coefficient (Wildman–Crippen LogP) is 0.497. The van der Waals surface area contributed by atoms with Gasteiger partial charge in [-0.3, -0.25) is 0 Å². The molecule has 0 amide bonds. The van der Waals surface area contributed by atoms with Crippen LogP contribution in [0.25, 0.3) is 0 Å². The second kappa shape index (κ2) is 4.61. The summed E-state index contributed by atoms with van der Waals surface area (Å²) < 4.78 is 26.2. The van der Waals surface area contributed by atoms with Crippen LogP contribution in [0.5, 0.6) is 0 Å². The van der Waals surface area contributed by atoms with Crippen LogP contribution in [0.1, 0.15) is 22.5 Å². The average molecular weight is 291 g/mol. The maximum absolute atomic E-state index is 11.9. The van der Waals surface area contributed by atoms with Gasteiger partial charge in [0.05, 0.1) is 4.90 Å². The summed E-state index contributed by atoms with van der Waals surface area (Å²) in [4.78, 5) is 10.6. The van der Waals surface area contributed by atoms with Crippen LogP contribution in [0.4, 0.5) is 0 Å². The number of aliphatic hydroxyl groups excluding tert-OH is 1. The first-order valence-electron chi connectivity index (χ1n) is 5.31. The molecule has 0 aliphatic heterocycles. The van der Waals surface area contributed by atoms with Gasteiger partial charge < -0.3 is 10.2 Å². The molecule has 0 unspecified atom stereocenters. The van der Waals surface area contributed by atoms with E-state index in [1.165, 1.54) is 5.38 Å². The summed E-state index contributed by atoms with van der Waals surface area (Å²) in [5.41, 5.74) is -0.321. The molecule has 1 aliphatic carbocycles. The van der Waals surface area contributed by atoms with Crippen molar-refractivity contribution in [2.75, 3.05) is 13.2 Å². The van der Waals surface area contributed by atoms with E-state index in [0.29, 0.717) is 0 Å². The molecule has 0 saturated heterocycles. The summed E-state index contributed by atoms with van der Waals surface area (Å²) in [5, 5.41) is 19.1. The van der Waals surface area contributed by atoms with Crippen LogP contribution in [0.3, 0.4) is 0 Å². The van der Waals surface area contributed by atoms with Crippen molar-refractivity contribution in [2.24, 2.45) is 5.41 Å². The van der Waals surface area contributed by atoms with Crippen LogP contribution in [0, 0.1) is 5.41 Å². The lowest BCUT2D eigenvalue weighted by Gasteiger charge is -2.12. The van der Waals surface area contributed by atoms with Gasteiger partial charge in [-0.25, -0.2) is 17.9 Å². The van der Waals surface area contributed by atoms with Gasteiger partial charge in [0.1, 0.15) is 4.88 Å². The number of carboxylic acid groups (broad SMARTS) is 1. The van der Waals surface area contributed by atoms with Crippen molar-refractivity contribution in [3.8, 4) is 0 Å². The molecule has 0 aromatic carbocycles. The number of hydrogen-bond acceptors (Lipinski definition) is 5. The number of carboxylic acids is 1. The smallest absolute Gasteiger partial charge is 0.345 e. The number of nitrogens with one attached hydrogen (secondary N) is 1. The minimum atomic E-state index is -3.69. The lowest BCUT2D eigenvalue weighted by molar-refractivity contribution is 0.0702. The molecule has 0 bridgehead atoms. The molecule has 100 valence electrons. The zero-order valence-corrected chi connectivity index (χ0v) is 11.1. The van der Waals surface area contributed by atoms with E-state index in [1.807, 2.05) is 0 Å². The minimum Gasteiger partial charge on any atom is -0.477 e. The number of hydrogen-bond donors (Lipinski definition) is 3. The van der Waals surface area contributed by atoms with Crippen molar-refractivity contribution in [1.29, 1.82) is 0 Å². The number of aliphatic hydroxyl groups is 1. The number of sulfonamides is 1. The van der Waals surface area contributed by atoms with Crippen LogP contribution in [0.2, 0.25) is 0 Å². The molecule has 1 aromatic heterocycles. The lowest BCUT2D eigenvalue weighted by atomic mass is 10.1. The van der Waals surface area contributed by atoms with Gasteiger partial charge in [-0.1, -0.05) is 0 Å². The molecule has 1 aromatic rings. The monoisotopic (exact) mass is 291 g/mol. The van der Waals surface area contributed by atoms with E-state index in [-0.39, 0.29) is 28.3 Å². The topological polar surface area (TPSA) is 104 Å². The standard InChI is InChI=1S/C10H13NO5S2/c12-6-10(1-2-10)5-11-18(15,16)7-3-8(9(13)14)17-4-7/h3-4,11-12H,1-2,5-6H2,(H,13,14). The zero-order valence-electron chi connectivity index (χ0n) is 9.42. The Morgan fingerprint density at radius 1 is 1.50 bits per heavy atom. The highest BCUT2D eigenvalue weighted by Crippen LogP contribution is 2.44. The summed E-state index contributed by atoms with van der Waals surface area (Å²) in [7, 11) is -3.69. The second-order valence-electron chi connectivity index (χ2n) is 4.43. The SMILES string of the molecule is O=C(O)c1cc(S(=O)(=O)NCC2(CO)CC2)cs1. The zero-order chi connectivity index (χ0) is 13.4. The first-order valence-corrected chi connectivity index (χ1v) is 7.67. The van der Waals surface area contributed by atoms with Crippen LogP contribution in [-0.2, 0) is 10.0 Å². The molecule has 6 nitrogen and oxygen atoms in total. The van der Waals surface area contributed by atoms with Crippen molar-refractivity contribution in [3.05, 3.63) is 16.3 Å². The number of carbonyl (C=O) groups is 1. The van der Waals surface area contributed by atoms with E-state index >= 15 is 0 Å². The Labute approximate surface area is 108 Å². The Morgan fingerprint density at radius 3 is 2.61 bits per heavy atom. The van der Waals surface area contributed by atoms with Gasteiger partial charge in [-0.2, -0.15) is 0 Å². The normalized spacial score (nSPS) is 17.6. The summed E-state index contributed by atoms with van der Waals surface area (Å²) in [6.07, 6.45) is 1.60. The molecule has 18 heavy (non-hydrogen) atoms. The molecule has 0 atom stereocenters. The predicted molar refractivity (Wildman–Crippen MR) is 65.2 cm³/mol. The van der Waals surface area contributed by atoms with Crippen LogP contribution in [-0.4, -0.2) is 37.8 Å². The molecule has 2 rings (SSSR count). The maximum atomic E-state index is 11.9. The molecule has 0 spiro atoms. The molecule has 1 saturated carbocycles. The molecular formula is C10H13NO5S2. The minimum absolute atomic E-state index is 0.0151. The van der Waals surface area contributed by atoms with Gasteiger partial charge >= 0.3 is 5.97 Å². The molecule has 1 fully saturated rings. The summed E-state index contributed by atoms with van der Waals surface area (Å²) >= 11 is 0.871. The number of thiophene rings is 1. The lowest BCUT2D eigenvalue weighted by Crippen LogP contribution is -2.31. The Bertz CT molecular complexity index is 559. The number of rotatable bonds is 6. The third-order valence-electron chi connectivity index (χ3n) is 3.03. The van der Waals surface area contributed by atoms with Gasteiger partial charge in [0, 0.05) is 23.9 Å². The fraction of sp³-hybridized carbons (Fsp3) is 0.500. The highest BCUT2D eigenvalue weighted by molar-refractivity contribution is 7.89. The first-order chi connectivity index (χ1) is 8.38. The highest BCUT2D eigenvalue weighted by atomic mass is 32.2. The Morgan fingerprint density at radius 2 is 2.17 bits per heavy atom. The highest BCUT2D eigenvalue weighted by Gasteiger charge is 2.42. The van der Waals surface area contributed by atoms with Crippen LogP contribution >= 0.6 is 11.3 Å². The second-order valence-corrected chi connectivity index (χ2v) is 7.11. The largest absolute Gasteiger partial charge is 0.477 e. The fourth-order valence-corrected chi connectivity index (χ4v) is 3.74. The van der Waals surface area contributed by atoms with Crippen molar-refractivity contribution in [1.82, 2.24) is 4.72 Å². The average Bonchev–Trinajstić information content (AvgIpc) is 2.91. The molecule has 8 heteroatoms. The van der Waals surface area contributed by atoms with Gasteiger partial charge in [0.25, 0.3) is 0 Å². The quantitative estimate of drug-likeness (QED) is 0.708. The van der Waals surface area contributed by atoms with E-state index in [0.717, 1.165) is 30.2 Å². The van der Waals surface area contributed by atoms with E-state index < -0.39 is 16.0 Å². The van der Waals surface area contributed by atoms with E-state index in [1.54, 1.807) is 0 Å². The summed E-state index contributed by atoms with van der Waals surface area (Å²) in [5.74, 6) is -1.14. The van der Waals surface area contributed by atoms with Crippen LogP contribution in [0.15, 0.2) is 16.3 Å². The van der Waals surface area contributed by atoms with E-state index in [4.69, 9.17) is 10.2 Å². The first kappa shape index (κ1) is 13.5. The summed E-state index contributed by atoms with van der Waals surface area (Å²) in [6, 6.07) is 1.13. The van der Waals surface area contributed by atoms with E-state index in [9.17, 15) is 13.2 Å². The fourth-order valence-electron chi connectivity index (χ4n) is 1.47. The molecule has 3 N–H and O–H groups in total. The molecule has 1 heterocycles. The van der Waals surface area contributed by atoms with Gasteiger partial charge in [-0.05, 0) is 18.9 Å². The third kappa shape index (κ3) is 2.72. The Kier molecular flexibility index (Phi) is 3.45. The maximum Gasteiger partial charge on any atom is 0.345 e. The number of aromatic carboxylic acids is 1.